The molecule has 0 saturated heterocycles. The summed E-state index contributed by atoms with van der Waals surface area (Å²) in [5.74, 6) is -0.0879. The zero-order valence-corrected chi connectivity index (χ0v) is 17.8. The number of hydrogen-bond acceptors (Lipinski definition) is 8. The van der Waals surface area contributed by atoms with Crippen LogP contribution in [0.3, 0.4) is 0 Å². The number of nitrogens with two attached hydrogens (primary N) is 1. The van der Waals surface area contributed by atoms with E-state index in [0.717, 1.165) is 6.42 Å². The van der Waals surface area contributed by atoms with Crippen LogP contribution in [0.25, 0.3) is 11.3 Å². The van der Waals surface area contributed by atoms with Gasteiger partial charge in [0.1, 0.15) is 30.5 Å². The fourth-order valence-corrected chi connectivity index (χ4v) is 2.77. The highest BCUT2D eigenvalue weighted by atomic mass is 19.1. The smallest absolute Gasteiger partial charge is 0.337 e. The summed E-state index contributed by atoms with van der Waals surface area (Å²) in [7, 11) is 1.30. The van der Waals surface area contributed by atoms with Gasteiger partial charge in [0.05, 0.1) is 12.7 Å². The summed E-state index contributed by atoms with van der Waals surface area (Å²) in [5, 5.41) is 8.15. The molecule has 2 aromatic carbocycles. The van der Waals surface area contributed by atoms with Gasteiger partial charge in [-0.15, -0.1) is 0 Å². The average Bonchev–Trinajstić information content (AvgIpc) is 3.31. The third-order valence-electron chi connectivity index (χ3n) is 4.40. The molecule has 8 nitrogen and oxygen atoms in total. The predicted molar refractivity (Wildman–Crippen MR) is 116 cm³/mol. The standard InChI is InChI=1S/C23H24FN3O5/c1-3-8-31-26-21(22-12-20(27-32-22)16-4-6-18(24)7-5-16)14-30-19-10-15(13-25)9-17(11-19)23(28)29-2/h4-7,9-12H,3,8,13-14,25H2,1-2H3. The minimum atomic E-state index is -0.496. The van der Waals surface area contributed by atoms with Crippen LogP contribution in [0.15, 0.2) is 58.2 Å². The molecule has 3 aromatic rings. The second kappa shape index (κ2) is 11.1. The number of rotatable bonds is 10. The summed E-state index contributed by atoms with van der Waals surface area (Å²) >= 11 is 0. The monoisotopic (exact) mass is 441 g/mol. The summed E-state index contributed by atoms with van der Waals surface area (Å²) in [4.78, 5) is 17.2. The van der Waals surface area contributed by atoms with Crippen molar-refractivity contribution < 1.29 is 28.0 Å². The number of aromatic nitrogens is 1. The molecule has 0 saturated carbocycles. The first-order valence-electron chi connectivity index (χ1n) is 10.0. The van der Waals surface area contributed by atoms with Crippen LogP contribution in [-0.2, 0) is 16.1 Å². The van der Waals surface area contributed by atoms with Gasteiger partial charge < -0.3 is 24.6 Å². The molecule has 0 spiro atoms. The van der Waals surface area contributed by atoms with Crippen molar-refractivity contribution in [2.75, 3.05) is 20.3 Å². The van der Waals surface area contributed by atoms with Gasteiger partial charge >= 0.3 is 5.97 Å². The first-order valence-corrected chi connectivity index (χ1v) is 10.0. The van der Waals surface area contributed by atoms with E-state index < -0.39 is 5.97 Å². The number of halogens is 1. The maximum absolute atomic E-state index is 13.2. The molecule has 0 atom stereocenters. The van der Waals surface area contributed by atoms with Gasteiger partial charge in [-0.2, -0.15) is 0 Å². The van der Waals surface area contributed by atoms with Crippen molar-refractivity contribution in [3.05, 3.63) is 71.2 Å². The molecule has 2 N–H and O–H groups in total. The lowest BCUT2D eigenvalue weighted by Gasteiger charge is -2.10. The Bertz CT molecular complexity index is 1080. The van der Waals surface area contributed by atoms with Gasteiger partial charge in [0.15, 0.2) is 11.5 Å². The quantitative estimate of drug-likeness (QED) is 0.220. The van der Waals surface area contributed by atoms with Gasteiger partial charge in [0, 0.05) is 18.2 Å². The van der Waals surface area contributed by atoms with E-state index in [9.17, 15) is 9.18 Å². The van der Waals surface area contributed by atoms with Crippen LogP contribution in [0, 0.1) is 5.82 Å². The van der Waals surface area contributed by atoms with Crippen molar-refractivity contribution in [2.45, 2.75) is 19.9 Å². The summed E-state index contributed by atoms with van der Waals surface area (Å²) in [5.41, 5.74) is 8.32. The Kier molecular flexibility index (Phi) is 7.93. The van der Waals surface area contributed by atoms with E-state index in [2.05, 4.69) is 10.3 Å². The molecule has 0 amide bonds. The highest BCUT2D eigenvalue weighted by Gasteiger charge is 2.16. The molecule has 32 heavy (non-hydrogen) atoms. The van der Waals surface area contributed by atoms with Gasteiger partial charge in [0.2, 0.25) is 0 Å². The molecule has 0 aliphatic heterocycles. The third kappa shape index (κ3) is 5.92. The van der Waals surface area contributed by atoms with Gasteiger partial charge in [-0.05, 0) is 54.4 Å². The van der Waals surface area contributed by atoms with Crippen LogP contribution in [0.4, 0.5) is 4.39 Å². The maximum Gasteiger partial charge on any atom is 0.337 e. The Labute approximate surface area is 184 Å². The van der Waals surface area contributed by atoms with Crippen LogP contribution in [0.2, 0.25) is 0 Å². The lowest BCUT2D eigenvalue weighted by atomic mass is 10.1. The number of benzene rings is 2. The average molecular weight is 441 g/mol. The van der Waals surface area contributed by atoms with Crippen molar-refractivity contribution in [1.29, 1.82) is 0 Å². The van der Waals surface area contributed by atoms with E-state index in [1.807, 2.05) is 6.92 Å². The number of oxime groups is 1. The number of carbonyl (C=O) groups is 1. The molecule has 0 fully saturated rings. The Morgan fingerprint density at radius 1 is 1.19 bits per heavy atom. The Morgan fingerprint density at radius 2 is 1.97 bits per heavy atom. The van der Waals surface area contributed by atoms with E-state index in [-0.39, 0.29) is 19.0 Å². The predicted octanol–water partition coefficient (Wildman–Crippen LogP) is 3.94. The van der Waals surface area contributed by atoms with Crippen molar-refractivity contribution in [2.24, 2.45) is 10.9 Å². The lowest BCUT2D eigenvalue weighted by molar-refractivity contribution is 0.0600. The first-order chi connectivity index (χ1) is 15.5. The number of ether oxygens (including phenoxy) is 2. The van der Waals surface area contributed by atoms with Crippen LogP contribution in [0.1, 0.15) is 35.0 Å². The zero-order valence-electron chi connectivity index (χ0n) is 17.8. The molecule has 1 heterocycles. The van der Waals surface area contributed by atoms with Crippen LogP contribution in [-0.4, -0.2) is 37.2 Å². The molecule has 0 unspecified atom stereocenters. The third-order valence-corrected chi connectivity index (χ3v) is 4.40. The summed E-state index contributed by atoms with van der Waals surface area (Å²) in [6.45, 7) is 2.58. The van der Waals surface area contributed by atoms with Crippen LogP contribution < -0.4 is 10.5 Å². The Morgan fingerprint density at radius 3 is 2.66 bits per heavy atom. The second-order valence-electron chi connectivity index (χ2n) is 6.80. The van der Waals surface area contributed by atoms with Gasteiger partial charge in [-0.25, -0.2) is 9.18 Å². The topological polar surface area (TPSA) is 109 Å². The van der Waals surface area contributed by atoms with Crippen molar-refractivity contribution in [3.63, 3.8) is 0 Å². The van der Waals surface area contributed by atoms with Gasteiger partial charge in [-0.3, -0.25) is 0 Å². The summed E-state index contributed by atoms with van der Waals surface area (Å²) in [6, 6.07) is 12.5. The lowest BCUT2D eigenvalue weighted by Crippen LogP contribution is -2.14. The zero-order chi connectivity index (χ0) is 22.9. The fourth-order valence-electron chi connectivity index (χ4n) is 2.77. The fraction of sp³-hybridized carbons (Fsp3) is 0.261. The molecule has 1 aromatic heterocycles. The molecule has 0 aliphatic rings. The SMILES string of the molecule is CCCON=C(COc1cc(CN)cc(C(=O)OC)c1)c1cc(-c2ccc(F)cc2)no1. The highest BCUT2D eigenvalue weighted by Crippen LogP contribution is 2.22. The Hall–Kier alpha value is -3.72. The largest absolute Gasteiger partial charge is 0.487 e. The molecule has 3 rings (SSSR count). The molecule has 0 aliphatic carbocycles. The second-order valence-corrected chi connectivity index (χ2v) is 6.80. The molecule has 9 heteroatoms. The normalized spacial score (nSPS) is 11.3. The number of esters is 1. The first kappa shape index (κ1) is 23.0. The van der Waals surface area contributed by atoms with E-state index in [4.69, 9.17) is 24.6 Å². The number of nitrogens with zero attached hydrogens (tertiary/aromatic N) is 2. The van der Waals surface area contributed by atoms with Crippen molar-refractivity contribution in [1.82, 2.24) is 5.16 Å². The molecule has 0 radical (unpaired) electrons. The molecule has 0 bridgehead atoms. The maximum atomic E-state index is 13.2. The van der Waals surface area contributed by atoms with E-state index in [1.165, 1.54) is 19.2 Å². The van der Waals surface area contributed by atoms with E-state index >= 15 is 0 Å². The van der Waals surface area contributed by atoms with Gasteiger partial charge in [-0.1, -0.05) is 17.2 Å². The van der Waals surface area contributed by atoms with Crippen LogP contribution >= 0.6 is 0 Å². The summed E-state index contributed by atoms with van der Waals surface area (Å²) < 4.78 is 29.2. The molecular weight excluding hydrogens is 417 g/mol. The summed E-state index contributed by atoms with van der Waals surface area (Å²) in [6.07, 6.45) is 0.774. The van der Waals surface area contributed by atoms with E-state index in [1.54, 1.807) is 36.4 Å². The minimum Gasteiger partial charge on any atom is -0.487 e. The van der Waals surface area contributed by atoms with E-state index in [0.29, 0.717) is 46.2 Å². The number of hydrogen-bond donors (Lipinski definition) is 1. The van der Waals surface area contributed by atoms with Crippen molar-refractivity contribution >= 4 is 11.7 Å². The molecular formula is C23H24FN3O5. The number of methoxy groups -OCH3 is 1. The van der Waals surface area contributed by atoms with Gasteiger partial charge in [0.25, 0.3) is 0 Å². The highest BCUT2D eigenvalue weighted by molar-refractivity contribution is 5.99. The van der Waals surface area contributed by atoms with Crippen molar-refractivity contribution in [3.8, 4) is 17.0 Å². The Balaban J connectivity index is 1.82. The minimum absolute atomic E-state index is 0.0175. The molecule has 168 valence electrons. The van der Waals surface area contributed by atoms with Crippen LogP contribution in [0.5, 0.6) is 5.75 Å². The number of carbonyl (C=O) groups excluding carboxylic acids is 1.